The first-order valence-corrected chi connectivity index (χ1v) is 11.8. The number of rotatable bonds is 7. The van der Waals surface area contributed by atoms with Gasteiger partial charge in [0.15, 0.2) is 0 Å². The van der Waals surface area contributed by atoms with E-state index < -0.39 is 11.9 Å². The van der Waals surface area contributed by atoms with Crippen LogP contribution in [-0.2, 0) is 27.5 Å². The molecule has 2 aromatic rings. The molecule has 184 valence electrons. The summed E-state index contributed by atoms with van der Waals surface area (Å²) in [7, 11) is 0. The Morgan fingerprint density at radius 2 is 1.47 bits per heavy atom. The maximum atomic E-state index is 13.0. The van der Waals surface area contributed by atoms with E-state index in [1.165, 1.54) is 16.7 Å². The molecule has 0 atom stereocenters. The van der Waals surface area contributed by atoms with Crippen LogP contribution in [0.25, 0.3) is 0 Å². The lowest BCUT2D eigenvalue weighted by Crippen LogP contribution is -2.42. The molecule has 1 aliphatic heterocycles. The number of piperidine rings is 1. The van der Waals surface area contributed by atoms with Gasteiger partial charge >= 0.3 is 11.9 Å². The number of hydrogen-bond donors (Lipinski definition) is 2. The molecule has 7 nitrogen and oxygen atoms in total. The molecule has 1 heterocycles. The van der Waals surface area contributed by atoms with Gasteiger partial charge in [0.25, 0.3) is 0 Å². The van der Waals surface area contributed by atoms with Crippen molar-refractivity contribution in [1.82, 2.24) is 9.80 Å². The largest absolute Gasteiger partial charge is 0.473 e. The van der Waals surface area contributed by atoms with Crippen molar-refractivity contribution in [2.45, 2.75) is 52.6 Å². The van der Waals surface area contributed by atoms with E-state index >= 15 is 0 Å². The molecule has 0 radical (unpaired) electrons. The molecule has 0 aromatic heterocycles. The van der Waals surface area contributed by atoms with E-state index in [1.807, 2.05) is 23.1 Å². The van der Waals surface area contributed by atoms with Gasteiger partial charge in [-0.1, -0.05) is 68.4 Å². The van der Waals surface area contributed by atoms with Gasteiger partial charge in [0.05, 0.1) is 0 Å². The van der Waals surface area contributed by atoms with Crippen molar-refractivity contribution in [2.75, 3.05) is 19.6 Å². The highest BCUT2D eigenvalue weighted by molar-refractivity contribution is 6.27. The first-order valence-electron chi connectivity index (χ1n) is 11.8. The Bertz CT molecular complexity index is 908. The van der Waals surface area contributed by atoms with Crippen LogP contribution < -0.4 is 0 Å². The van der Waals surface area contributed by atoms with Gasteiger partial charge in [0.2, 0.25) is 5.91 Å². The number of carboxylic acids is 2. The van der Waals surface area contributed by atoms with Crippen LogP contribution in [0.4, 0.5) is 0 Å². The summed E-state index contributed by atoms with van der Waals surface area (Å²) in [6.07, 6.45) is 1.93. The first-order chi connectivity index (χ1) is 16.2. The minimum Gasteiger partial charge on any atom is -0.473 e. The third kappa shape index (κ3) is 8.63. The molecule has 0 unspecified atom stereocenters. The minimum absolute atomic E-state index is 0.170. The third-order valence-electron chi connectivity index (χ3n) is 6.08. The second kappa shape index (κ2) is 13.5. The molecule has 1 saturated heterocycles. The van der Waals surface area contributed by atoms with E-state index in [4.69, 9.17) is 19.8 Å². The van der Waals surface area contributed by atoms with E-state index in [9.17, 15) is 4.79 Å². The van der Waals surface area contributed by atoms with Crippen LogP contribution in [0.2, 0.25) is 0 Å². The highest BCUT2D eigenvalue weighted by atomic mass is 16.4. The summed E-state index contributed by atoms with van der Waals surface area (Å²) in [5, 5.41) is 14.8. The Morgan fingerprint density at radius 1 is 0.912 bits per heavy atom. The fraction of sp³-hybridized carbons (Fsp3) is 0.444. The number of carbonyl (C=O) groups is 3. The van der Waals surface area contributed by atoms with Gasteiger partial charge in [-0.3, -0.25) is 9.69 Å². The number of aliphatic carboxylic acids is 2. The first kappa shape index (κ1) is 27.1. The maximum Gasteiger partial charge on any atom is 0.414 e. The molecule has 2 N–H and O–H groups in total. The second-order valence-corrected chi connectivity index (χ2v) is 8.90. The number of carboxylic acid groups (broad SMARTS) is 2. The Morgan fingerprint density at radius 3 is 1.94 bits per heavy atom. The van der Waals surface area contributed by atoms with E-state index in [2.05, 4.69) is 62.1 Å². The van der Waals surface area contributed by atoms with E-state index in [-0.39, 0.29) is 5.92 Å². The molecule has 7 heteroatoms. The van der Waals surface area contributed by atoms with Crippen LogP contribution in [0.3, 0.4) is 0 Å². The van der Waals surface area contributed by atoms with Crippen molar-refractivity contribution in [3.63, 3.8) is 0 Å². The molecule has 0 spiro atoms. The summed E-state index contributed by atoms with van der Waals surface area (Å²) in [4.78, 5) is 35.7. The number of benzene rings is 2. The zero-order valence-corrected chi connectivity index (χ0v) is 20.3. The highest BCUT2D eigenvalue weighted by Gasteiger charge is 2.28. The fourth-order valence-corrected chi connectivity index (χ4v) is 4.01. The Balaban J connectivity index is 0.000000604. The molecular formula is C27H36N2O5. The number of likely N-dealkylation sites (tertiary alicyclic amines) is 1. The summed E-state index contributed by atoms with van der Waals surface area (Å²) in [5.74, 6) is -2.58. The van der Waals surface area contributed by atoms with E-state index in [0.717, 1.165) is 45.6 Å². The van der Waals surface area contributed by atoms with Crippen molar-refractivity contribution in [3.8, 4) is 0 Å². The second-order valence-electron chi connectivity index (χ2n) is 8.90. The molecule has 1 amide bonds. The van der Waals surface area contributed by atoms with Gasteiger partial charge in [-0.2, -0.15) is 0 Å². The molecule has 0 bridgehead atoms. The smallest absolute Gasteiger partial charge is 0.414 e. The topological polar surface area (TPSA) is 98.2 Å². The quantitative estimate of drug-likeness (QED) is 0.590. The van der Waals surface area contributed by atoms with Gasteiger partial charge in [-0.05, 0) is 55.5 Å². The Kier molecular flexibility index (Phi) is 10.7. The predicted molar refractivity (Wildman–Crippen MR) is 131 cm³/mol. The summed E-state index contributed by atoms with van der Waals surface area (Å²) >= 11 is 0. The van der Waals surface area contributed by atoms with Crippen molar-refractivity contribution < 1.29 is 24.6 Å². The lowest BCUT2D eigenvalue weighted by Gasteiger charge is -2.34. The van der Waals surface area contributed by atoms with Gasteiger partial charge in [-0.25, -0.2) is 9.59 Å². The summed E-state index contributed by atoms with van der Waals surface area (Å²) in [5.41, 5.74) is 3.97. The standard InChI is InChI=1S/C25H34N2O.C2H2O4/c1-4-27(19-21-8-6-5-7-9-21)25(28)24-14-16-26(17-15-24)18-22-10-12-23(13-11-22)20(2)3;3-1(4)2(5)6/h5-13,20,24H,4,14-19H2,1-3H3;(H,3,4)(H,5,6). The zero-order chi connectivity index (χ0) is 25.1. The number of nitrogens with zero attached hydrogens (tertiary/aromatic N) is 2. The third-order valence-corrected chi connectivity index (χ3v) is 6.08. The lowest BCUT2D eigenvalue weighted by molar-refractivity contribution is -0.159. The minimum atomic E-state index is -1.82. The van der Waals surface area contributed by atoms with Crippen molar-refractivity contribution in [1.29, 1.82) is 0 Å². The van der Waals surface area contributed by atoms with Gasteiger partial charge in [0, 0.05) is 25.6 Å². The Labute approximate surface area is 202 Å². The van der Waals surface area contributed by atoms with E-state index in [1.54, 1.807) is 0 Å². The van der Waals surface area contributed by atoms with Crippen LogP contribution in [0, 0.1) is 5.92 Å². The Hall–Kier alpha value is -3.19. The number of carbonyl (C=O) groups excluding carboxylic acids is 1. The van der Waals surface area contributed by atoms with Crippen LogP contribution >= 0.6 is 0 Å². The van der Waals surface area contributed by atoms with Crippen molar-refractivity contribution in [2.24, 2.45) is 5.92 Å². The fourth-order valence-electron chi connectivity index (χ4n) is 4.01. The van der Waals surface area contributed by atoms with Crippen molar-refractivity contribution >= 4 is 17.8 Å². The molecule has 3 rings (SSSR count). The molecule has 2 aromatic carbocycles. The van der Waals surface area contributed by atoms with Crippen LogP contribution in [0.15, 0.2) is 54.6 Å². The van der Waals surface area contributed by atoms with Crippen LogP contribution in [-0.4, -0.2) is 57.5 Å². The monoisotopic (exact) mass is 468 g/mol. The molecule has 1 fully saturated rings. The normalized spacial score (nSPS) is 14.2. The molecule has 0 saturated carbocycles. The lowest BCUT2D eigenvalue weighted by atomic mass is 9.94. The zero-order valence-electron chi connectivity index (χ0n) is 20.3. The molecular weight excluding hydrogens is 432 g/mol. The number of amides is 1. The summed E-state index contributed by atoms with van der Waals surface area (Å²) < 4.78 is 0. The molecule has 34 heavy (non-hydrogen) atoms. The average Bonchev–Trinajstić information content (AvgIpc) is 2.84. The SMILES string of the molecule is CCN(Cc1ccccc1)C(=O)C1CCN(Cc2ccc(C(C)C)cc2)CC1.O=C(O)C(=O)O. The van der Waals surface area contributed by atoms with Crippen molar-refractivity contribution in [3.05, 3.63) is 71.3 Å². The predicted octanol–water partition coefficient (Wildman–Crippen LogP) is 4.23. The molecule has 1 aliphatic rings. The van der Waals surface area contributed by atoms with E-state index in [0.29, 0.717) is 11.8 Å². The van der Waals surface area contributed by atoms with Crippen LogP contribution in [0.5, 0.6) is 0 Å². The van der Waals surface area contributed by atoms with Crippen LogP contribution in [0.1, 0.15) is 56.2 Å². The summed E-state index contributed by atoms with van der Waals surface area (Å²) in [6, 6.07) is 19.3. The summed E-state index contributed by atoms with van der Waals surface area (Å²) in [6.45, 7) is 11.0. The number of hydrogen-bond acceptors (Lipinski definition) is 4. The maximum absolute atomic E-state index is 13.0. The van der Waals surface area contributed by atoms with Gasteiger partial charge < -0.3 is 15.1 Å². The highest BCUT2D eigenvalue weighted by Crippen LogP contribution is 2.23. The van der Waals surface area contributed by atoms with Gasteiger partial charge in [-0.15, -0.1) is 0 Å². The average molecular weight is 469 g/mol. The molecule has 0 aliphatic carbocycles. The van der Waals surface area contributed by atoms with Gasteiger partial charge in [0.1, 0.15) is 0 Å².